The Hall–Kier alpha value is -1.85. The third kappa shape index (κ3) is 1.45. The Labute approximate surface area is 109 Å². The lowest BCUT2D eigenvalue weighted by Crippen LogP contribution is -2.50. The first-order valence-electron chi connectivity index (χ1n) is 6.20. The summed E-state index contributed by atoms with van der Waals surface area (Å²) >= 11 is 0. The molecule has 0 amide bonds. The van der Waals surface area contributed by atoms with Crippen molar-refractivity contribution in [1.82, 2.24) is 0 Å². The predicted octanol–water partition coefficient (Wildman–Crippen LogP) is 0.556. The first kappa shape index (κ1) is 12.2. The highest BCUT2D eigenvalue weighted by molar-refractivity contribution is 5.87. The molecule has 19 heavy (non-hydrogen) atoms. The molecule has 1 heterocycles. The highest BCUT2D eigenvalue weighted by atomic mass is 16.8. The fourth-order valence-corrected chi connectivity index (χ4v) is 3.58. The number of esters is 2. The molecule has 0 radical (unpaired) electrons. The number of hydrogen-bond donors (Lipinski definition) is 0. The normalized spacial score (nSPS) is 41.8. The van der Waals surface area contributed by atoms with Gasteiger partial charge in [0.2, 0.25) is 0 Å². The maximum atomic E-state index is 11.8. The van der Waals surface area contributed by atoms with Crippen LogP contribution in [0, 0.1) is 17.8 Å². The van der Waals surface area contributed by atoms with E-state index in [1.54, 1.807) is 0 Å². The van der Waals surface area contributed by atoms with E-state index in [-0.39, 0.29) is 35.8 Å². The Bertz CT molecular complexity index is 484. The summed E-state index contributed by atoms with van der Waals surface area (Å²) in [7, 11) is 0. The van der Waals surface area contributed by atoms with Gasteiger partial charge in [-0.1, -0.05) is 6.58 Å². The van der Waals surface area contributed by atoms with Crippen molar-refractivity contribution in [2.75, 3.05) is 0 Å². The molecule has 3 rings (SSSR count). The molecular weight excluding hydrogens is 252 g/mol. The molecule has 0 aromatic rings. The SMILES string of the molecule is C=C(C)C(=O)OC1C2CC3C(=O)OC1(OC=O)C3C2. The molecule has 2 bridgehead atoms. The number of fused-ring (bicyclic) bond motifs is 1. The molecule has 6 nitrogen and oxygen atoms in total. The summed E-state index contributed by atoms with van der Waals surface area (Å²) < 4.78 is 15.7. The topological polar surface area (TPSA) is 78.9 Å². The Morgan fingerprint density at radius 3 is 2.89 bits per heavy atom. The van der Waals surface area contributed by atoms with Crippen LogP contribution in [0.2, 0.25) is 0 Å². The number of rotatable bonds is 4. The third-order valence-electron chi connectivity index (χ3n) is 4.32. The van der Waals surface area contributed by atoms with Gasteiger partial charge < -0.3 is 14.2 Å². The smallest absolute Gasteiger partial charge is 0.333 e. The zero-order valence-corrected chi connectivity index (χ0v) is 10.5. The van der Waals surface area contributed by atoms with Crippen LogP contribution in [0.4, 0.5) is 0 Å². The monoisotopic (exact) mass is 266 g/mol. The quantitative estimate of drug-likeness (QED) is 0.420. The van der Waals surface area contributed by atoms with Crippen molar-refractivity contribution in [3.05, 3.63) is 12.2 Å². The average Bonchev–Trinajstić information content (AvgIpc) is 2.93. The second kappa shape index (κ2) is 3.82. The molecule has 5 atom stereocenters. The molecule has 3 fully saturated rings. The Morgan fingerprint density at radius 2 is 2.26 bits per heavy atom. The van der Waals surface area contributed by atoms with Crippen molar-refractivity contribution < 1.29 is 28.6 Å². The molecule has 3 aliphatic rings. The van der Waals surface area contributed by atoms with E-state index in [9.17, 15) is 14.4 Å². The van der Waals surface area contributed by atoms with E-state index in [4.69, 9.17) is 14.2 Å². The number of carbonyl (C=O) groups is 3. The van der Waals surface area contributed by atoms with Gasteiger partial charge in [0, 0.05) is 11.5 Å². The standard InChI is InChI=1S/C13H14O6/c1-6(2)11(15)18-10-7-3-8-9(4-7)13(10,17-5-14)19-12(8)16/h5,7-10H,1,3-4H2,2H3. The second-order valence-corrected chi connectivity index (χ2v) is 5.41. The Kier molecular flexibility index (Phi) is 2.45. The second-order valence-electron chi connectivity index (χ2n) is 5.41. The van der Waals surface area contributed by atoms with Gasteiger partial charge in [-0.25, -0.2) is 4.79 Å². The van der Waals surface area contributed by atoms with E-state index < -0.39 is 17.9 Å². The molecule has 102 valence electrons. The average molecular weight is 266 g/mol. The molecular formula is C13H14O6. The van der Waals surface area contributed by atoms with E-state index in [0.717, 1.165) is 0 Å². The summed E-state index contributed by atoms with van der Waals surface area (Å²) in [4.78, 5) is 34.2. The van der Waals surface area contributed by atoms with Crippen LogP contribution >= 0.6 is 0 Å². The van der Waals surface area contributed by atoms with Gasteiger partial charge in [-0.3, -0.25) is 9.59 Å². The summed E-state index contributed by atoms with van der Waals surface area (Å²) in [5.41, 5.74) is 0.255. The summed E-state index contributed by atoms with van der Waals surface area (Å²) in [6.45, 7) is 5.29. The van der Waals surface area contributed by atoms with Crippen molar-refractivity contribution in [1.29, 1.82) is 0 Å². The molecule has 0 aromatic carbocycles. The van der Waals surface area contributed by atoms with Gasteiger partial charge in [0.15, 0.2) is 6.10 Å². The van der Waals surface area contributed by atoms with E-state index in [2.05, 4.69) is 6.58 Å². The van der Waals surface area contributed by atoms with Gasteiger partial charge in [0.05, 0.1) is 11.8 Å². The highest BCUT2D eigenvalue weighted by Gasteiger charge is 2.74. The number of carbonyl (C=O) groups excluding carboxylic acids is 3. The minimum atomic E-state index is -1.42. The molecule has 0 aromatic heterocycles. The zero-order valence-electron chi connectivity index (χ0n) is 10.5. The highest BCUT2D eigenvalue weighted by Crippen LogP contribution is 2.61. The van der Waals surface area contributed by atoms with Gasteiger partial charge in [0.1, 0.15) is 0 Å². The number of ether oxygens (including phenoxy) is 3. The maximum absolute atomic E-state index is 11.8. The van der Waals surface area contributed by atoms with Crippen molar-refractivity contribution in [3.63, 3.8) is 0 Å². The molecule has 0 N–H and O–H groups in total. The van der Waals surface area contributed by atoms with Crippen LogP contribution in [0.5, 0.6) is 0 Å². The summed E-state index contributed by atoms with van der Waals surface area (Å²) in [5, 5.41) is 0. The van der Waals surface area contributed by atoms with Gasteiger partial charge >= 0.3 is 11.9 Å². The van der Waals surface area contributed by atoms with Crippen molar-refractivity contribution in [2.45, 2.75) is 31.7 Å². The van der Waals surface area contributed by atoms with Crippen LogP contribution in [0.3, 0.4) is 0 Å². The lowest BCUT2D eigenvalue weighted by molar-refractivity contribution is -0.251. The Balaban J connectivity index is 1.92. The van der Waals surface area contributed by atoms with Crippen LogP contribution in [0.1, 0.15) is 19.8 Å². The van der Waals surface area contributed by atoms with Gasteiger partial charge in [0.25, 0.3) is 12.3 Å². The molecule has 5 unspecified atom stereocenters. The first-order valence-corrected chi connectivity index (χ1v) is 6.20. The van der Waals surface area contributed by atoms with Crippen molar-refractivity contribution in [3.8, 4) is 0 Å². The largest absolute Gasteiger partial charge is 0.450 e. The summed E-state index contributed by atoms with van der Waals surface area (Å²) in [6.07, 6.45) is 0.551. The number of hydrogen-bond acceptors (Lipinski definition) is 6. The molecule has 0 spiro atoms. The fraction of sp³-hybridized carbons (Fsp3) is 0.615. The van der Waals surface area contributed by atoms with Crippen LogP contribution in [0.15, 0.2) is 12.2 Å². The minimum absolute atomic E-state index is 0.00954. The maximum Gasteiger partial charge on any atom is 0.333 e. The third-order valence-corrected chi connectivity index (χ3v) is 4.32. The summed E-state index contributed by atoms with van der Waals surface area (Å²) in [5.74, 6) is -2.82. The van der Waals surface area contributed by atoms with E-state index in [0.29, 0.717) is 12.8 Å². The lowest BCUT2D eigenvalue weighted by Gasteiger charge is -2.34. The van der Waals surface area contributed by atoms with Crippen molar-refractivity contribution >= 4 is 18.4 Å². The van der Waals surface area contributed by atoms with Crippen LogP contribution < -0.4 is 0 Å². The van der Waals surface area contributed by atoms with Gasteiger partial charge in [-0.2, -0.15) is 0 Å². The lowest BCUT2D eigenvalue weighted by atomic mass is 9.85. The van der Waals surface area contributed by atoms with Gasteiger partial charge in [-0.15, -0.1) is 0 Å². The Morgan fingerprint density at radius 1 is 1.53 bits per heavy atom. The van der Waals surface area contributed by atoms with Crippen LogP contribution in [-0.2, 0) is 28.6 Å². The zero-order chi connectivity index (χ0) is 13.8. The van der Waals surface area contributed by atoms with E-state index >= 15 is 0 Å². The first-order chi connectivity index (χ1) is 8.99. The molecule has 2 saturated carbocycles. The van der Waals surface area contributed by atoms with E-state index in [1.807, 2.05) is 0 Å². The van der Waals surface area contributed by atoms with E-state index in [1.165, 1.54) is 6.92 Å². The molecule has 1 aliphatic heterocycles. The fourth-order valence-electron chi connectivity index (χ4n) is 3.58. The molecule has 6 heteroatoms. The summed E-state index contributed by atoms with van der Waals surface area (Å²) in [6, 6.07) is 0. The van der Waals surface area contributed by atoms with Crippen LogP contribution in [-0.4, -0.2) is 30.3 Å². The molecule has 1 saturated heterocycles. The molecule has 2 aliphatic carbocycles. The van der Waals surface area contributed by atoms with Crippen molar-refractivity contribution in [2.24, 2.45) is 17.8 Å². The predicted molar refractivity (Wildman–Crippen MR) is 60.4 cm³/mol. The van der Waals surface area contributed by atoms with Gasteiger partial charge in [-0.05, 0) is 19.8 Å². The minimum Gasteiger partial charge on any atom is -0.450 e. The van der Waals surface area contributed by atoms with Crippen LogP contribution in [0.25, 0.3) is 0 Å².